The first kappa shape index (κ1) is 17.3. The van der Waals surface area contributed by atoms with E-state index in [0.717, 1.165) is 0 Å². The van der Waals surface area contributed by atoms with Crippen LogP contribution in [0.4, 0.5) is 4.39 Å². The number of aryl methyl sites for hydroxylation is 1. The van der Waals surface area contributed by atoms with Crippen molar-refractivity contribution in [2.24, 2.45) is 0 Å². The average molecular weight is 359 g/mol. The van der Waals surface area contributed by atoms with E-state index in [4.69, 9.17) is 9.05 Å². The Bertz CT molecular complexity index is 961. The second-order valence-corrected chi connectivity index (χ2v) is 5.60. The summed E-state index contributed by atoms with van der Waals surface area (Å²) in [6.45, 7) is 3.19. The SMILES string of the molecule is Cc1cc(C(=O)NC(C)c2onc(-c3ccc(F)cc3)c2C(=O)O)no1. The quantitative estimate of drug-likeness (QED) is 0.719. The number of aromatic carboxylic acids is 1. The summed E-state index contributed by atoms with van der Waals surface area (Å²) in [6, 6.07) is 5.81. The van der Waals surface area contributed by atoms with Gasteiger partial charge in [-0.3, -0.25) is 4.79 Å². The van der Waals surface area contributed by atoms with Gasteiger partial charge in [0.05, 0.1) is 6.04 Å². The van der Waals surface area contributed by atoms with Crippen LogP contribution in [-0.2, 0) is 0 Å². The monoisotopic (exact) mass is 359 g/mol. The number of carbonyl (C=O) groups is 2. The van der Waals surface area contributed by atoms with E-state index in [9.17, 15) is 19.1 Å². The number of carboxylic acids is 1. The zero-order chi connectivity index (χ0) is 18.8. The molecule has 0 bridgehead atoms. The number of aromatic nitrogens is 2. The van der Waals surface area contributed by atoms with Crippen LogP contribution in [0.5, 0.6) is 0 Å². The summed E-state index contributed by atoms with van der Waals surface area (Å²) in [5.41, 5.74) is 0.278. The Kier molecular flexibility index (Phi) is 4.53. The largest absolute Gasteiger partial charge is 0.477 e. The molecule has 9 heteroatoms. The van der Waals surface area contributed by atoms with E-state index >= 15 is 0 Å². The Labute approximate surface area is 146 Å². The molecule has 0 radical (unpaired) electrons. The second-order valence-electron chi connectivity index (χ2n) is 5.60. The van der Waals surface area contributed by atoms with Crippen molar-refractivity contribution in [3.05, 3.63) is 58.9 Å². The zero-order valence-corrected chi connectivity index (χ0v) is 13.8. The second kappa shape index (κ2) is 6.79. The number of nitrogens with one attached hydrogen (secondary N) is 1. The normalized spacial score (nSPS) is 12.0. The highest BCUT2D eigenvalue weighted by molar-refractivity contribution is 5.96. The third-order valence-corrected chi connectivity index (χ3v) is 3.65. The predicted octanol–water partition coefficient (Wildman–Crippen LogP) is 2.97. The van der Waals surface area contributed by atoms with Crippen molar-refractivity contribution < 1.29 is 28.1 Å². The van der Waals surface area contributed by atoms with Gasteiger partial charge in [0.1, 0.15) is 22.8 Å². The molecule has 8 nitrogen and oxygen atoms in total. The van der Waals surface area contributed by atoms with Crippen molar-refractivity contribution in [2.75, 3.05) is 0 Å². The Morgan fingerprint density at radius 3 is 2.46 bits per heavy atom. The molecule has 1 unspecified atom stereocenters. The van der Waals surface area contributed by atoms with Gasteiger partial charge in [-0.2, -0.15) is 0 Å². The third-order valence-electron chi connectivity index (χ3n) is 3.65. The maximum absolute atomic E-state index is 13.1. The lowest BCUT2D eigenvalue weighted by atomic mass is 10.0. The maximum Gasteiger partial charge on any atom is 0.341 e. The van der Waals surface area contributed by atoms with Gasteiger partial charge in [-0.25, -0.2) is 9.18 Å². The molecule has 0 fully saturated rings. The molecule has 0 aliphatic rings. The van der Waals surface area contributed by atoms with Crippen LogP contribution in [0.3, 0.4) is 0 Å². The fourth-order valence-electron chi connectivity index (χ4n) is 2.42. The minimum atomic E-state index is -1.28. The lowest BCUT2D eigenvalue weighted by molar-refractivity contribution is 0.0692. The van der Waals surface area contributed by atoms with Gasteiger partial charge in [0.15, 0.2) is 11.5 Å². The first-order valence-corrected chi connectivity index (χ1v) is 7.59. The Balaban J connectivity index is 1.91. The van der Waals surface area contributed by atoms with Crippen LogP contribution in [0.25, 0.3) is 11.3 Å². The number of carbonyl (C=O) groups excluding carboxylic acids is 1. The number of hydrogen-bond acceptors (Lipinski definition) is 6. The zero-order valence-electron chi connectivity index (χ0n) is 13.8. The molecule has 2 heterocycles. The summed E-state index contributed by atoms with van der Waals surface area (Å²) in [4.78, 5) is 23.8. The van der Waals surface area contributed by atoms with E-state index < -0.39 is 23.7 Å². The number of amides is 1. The van der Waals surface area contributed by atoms with E-state index in [1.807, 2.05) is 0 Å². The van der Waals surface area contributed by atoms with Crippen molar-refractivity contribution >= 4 is 11.9 Å². The molecule has 0 aliphatic carbocycles. The molecule has 26 heavy (non-hydrogen) atoms. The van der Waals surface area contributed by atoms with Crippen LogP contribution in [-0.4, -0.2) is 27.3 Å². The molecule has 2 aromatic heterocycles. The van der Waals surface area contributed by atoms with Crippen molar-refractivity contribution in [1.29, 1.82) is 0 Å². The van der Waals surface area contributed by atoms with Gasteiger partial charge < -0.3 is 19.5 Å². The maximum atomic E-state index is 13.1. The number of carboxylic acid groups (broad SMARTS) is 1. The van der Waals surface area contributed by atoms with E-state index in [1.165, 1.54) is 30.3 Å². The molecule has 1 atom stereocenters. The number of nitrogens with zero attached hydrogens (tertiary/aromatic N) is 2. The van der Waals surface area contributed by atoms with Crippen LogP contribution in [0.15, 0.2) is 39.4 Å². The summed E-state index contributed by atoms with van der Waals surface area (Å²) in [6.07, 6.45) is 0. The minimum absolute atomic E-state index is 0.0367. The highest BCUT2D eigenvalue weighted by Crippen LogP contribution is 2.29. The summed E-state index contributed by atoms with van der Waals surface area (Å²) in [5.74, 6) is -1.86. The van der Waals surface area contributed by atoms with Gasteiger partial charge in [-0.05, 0) is 38.1 Å². The fourth-order valence-corrected chi connectivity index (χ4v) is 2.42. The van der Waals surface area contributed by atoms with Crippen LogP contribution >= 0.6 is 0 Å². The van der Waals surface area contributed by atoms with Gasteiger partial charge in [0.2, 0.25) is 0 Å². The van der Waals surface area contributed by atoms with Gasteiger partial charge in [-0.15, -0.1) is 0 Å². The Morgan fingerprint density at radius 1 is 1.19 bits per heavy atom. The van der Waals surface area contributed by atoms with Crippen molar-refractivity contribution in [2.45, 2.75) is 19.9 Å². The number of rotatable bonds is 5. The number of halogens is 1. The van der Waals surface area contributed by atoms with Crippen LogP contribution in [0, 0.1) is 12.7 Å². The molecule has 134 valence electrons. The van der Waals surface area contributed by atoms with Crippen LogP contribution in [0.1, 0.15) is 45.3 Å². The van der Waals surface area contributed by atoms with E-state index in [2.05, 4.69) is 15.6 Å². The highest BCUT2D eigenvalue weighted by atomic mass is 19.1. The van der Waals surface area contributed by atoms with E-state index in [0.29, 0.717) is 11.3 Å². The molecule has 1 aromatic carbocycles. The molecule has 0 spiro atoms. The van der Waals surface area contributed by atoms with E-state index in [1.54, 1.807) is 13.8 Å². The lowest BCUT2D eigenvalue weighted by Crippen LogP contribution is -2.27. The summed E-state index contributed by atoms with van der Waals surface area (Å²) in [7, 11) is 0. The first-order chi connectivity index (χ1) is 12.4. The lowest BCUT2D eigenvalue weighted by Gasteiger charge is -2.10. The molecule has 3 rings (SSSR count). The minimum Gasteiger partial charge on any atom is -0.477 e. The highest BCUT2D eigenvalue weighted by Gasteiger charge is 2.28. The molecule has 3 aromatic rings. The Hall–Kier alpha value is -3.49. The number of benzene rings is 1. The van der Waals surface area contributed by atoms with Crippen molar-refractivity contribution in [1.82, 2.24) is 15.6 Å². The summed E-state index contributed by atoms with van der Waals surface area (Å²) >= 11 is 0. The van der Waals surface area contributed by atoms with Crippen LogP contribution < -0.4 is 5.32 Å². The average Bonchev–Trinajstić information content (AvgIpc) is 3.22. The van der Waals surface area contributed by atoms with Gasteiger partial charge in [0, 0.05) is 11.6 Å². The first-order valence-electron chi connectivity index (χ1n) is 7.59. The molecule has 2 N–H and O–H groups in total. The third kappa shape index (κ3) is 3.32. The molecule has 0 aliphatic heterocycles. The molecule has 0 saturated heterocycles. The molecular weight excluding hydrogens is 345 g/mol. The molecular formula is C17H14FN3O5. The van der Waals surface area contributed by atoms with Crippen molar-refractivity contribution in [3.8, 4) is 11.3 Å². The van der Waals surface area contributed by atoms with Crippen molar-refractivity contribution in [3.63, 3.8) is 0 Å². The van der Waals surface area contributed by atoms with Gasteiger partial charge >= 0.3 is 5.97 Å². The molecule has 0 saturated carbocycles. The molecule has 1 amide bonds. The van der Waals surface area contributed by atoms with Crippen LogP contribution in [0.2, 0.25) is 0 Å². The Morgan fingerprint density at radius 2 is 1.88 bits per heavy atom. The predicted molar refractivity (Wildman–Crippen MR) is 86.0 cm³/mol. The smallest absolute Gasteiger partial charge is 0.341 e. The number of hydrogen-bond donors (Lipinski definition) is 2. The van der Waals surface area contributed by atoms with E-state index in [-0.39, 0.29) is 22.7 Å². The van der Waals surface area contributed by atoms with Gasteiger partial charge in [-0.1, -0.05) is 10.3 Å². The topological polar surface area (TPSA) is 118 Å². The fraction of sp³-hybridized carbons (Fsp3) is 0.176. The standard InChI is InChI=1S/C17H14FN3O5/c1-8-7-12(20-25-8)16(22)19-9(2)15-13(17(23)24)14(21-26-15)10-3-5-11(18)6-4-10/h3-7,9H,1-2H3,(H,19,22)(H,23,24). The van der Waals surface area contributed by atoms with Gasteiger partial charge in [0.25, 0.3) is 5.91 Å². The summed E-state index contributed by atoms with van der Waals surface area (Å²) in [5, 5.41) is 19.5. The summed E-state index contributed by atoms with van der Waals surface area (Å²) < 4.78 is 23.1.